The van der Waals surface area contributed by atoms with Gasteiger partial charge in [-0.2, -0.15) is 5.10 Å². The van der Waals surface area contributed by atoms with Gasteiger partial charge in [0.05, 0.1) is 6.21 Å². The fourth-order valence-electron chi connectivity index (χ4n) is 2.18. The second-order valence-electron chi connectivity index (χ2n) is 4.73. The van der Waals surface area contributed by atoms with Crippen LogP contribution in [0, 0.1) is 5.82 Å². The highest BCUT2D eigenvalue weighted by atomic mass is 32.1. The van der Waals surface area contributed by atoms with E-state index in [1.807, 2.05) is 0 Å². The van der Waals surface area contributed by atoms with Gasteiger partial charge < -0.3 is 5.32 Å². The normalized spacial score (nSPS) is 16.5. The van der Waals surface area contributed by atoms with E-state index in [4.69, 9.17) is 12.2 Å². The average Bonchev–Trinajstić information content (AvgIpc) is 2.42. The molecule has 0 bridgehead atoms. The number of hydrazone groups is 1. The zero-order valence-corrected chi connectivity index (χ0v) is 11.5. The molecule has 0 radical (unpaired) electrons. The van der Waals surface area contributed by atoms with E-state index < -0.39 is 0 Å². The van der Waals surface area contributed by atoms with Crippen molar-refractivity contribution >= 4 is 23.5 Å². The first-order chi connectivity index (χ1) is 9.24. The topological polar surface area (TPSA) is 36.4 Å². The van der Waals surface area contributed by atoms with Crippen LogP contribution in [0.25, 0.3) is 0 Å². The highest BCUT2D eigenvalue weighted by molar-refractivity contribution is 7.80. The second-order valence-corrected chi connectivity index (χ2v) is 5.14. The summed E-state index contributed by atoms with van der Waals surface area (Å²) in [7, 11) is 0. The molecule has 3 nitrogen and oxygen atoms in total. The Kier molecular flexibility index (Phi) is 5.27. The number of hydrogen-bond acceptors (Lipinski definition) is 2. The standard InChI is InChI=1S/C14H18FN3S/c15-12-8-6-11(7-9-12)10-16-18-14(19)17-13-4-2-1-3-5-13/h6-10,13H,1-5H2,(H2,17,18,19)/b16-10-. The van der Waals surface area contributed by atoms with Crippen LogP contribution in [0.5, 0.6) is 0 Å². The molecule has 0 atom stereocenters. The minimum absolute atomic E-state index is 0.250. The summed E-state index contributed by atoms with van der Waals surface area (Å²) in [5, 5.41) is 7.84. The second kappa shape index (κ2) is 7.19. The Morgan fingerprint density at radius 2 is 1.89 bits per heavy atom. The molecule has 1 saturated carbocycles. The third-order valence-corrected chi connectivity index (χ3v) is 3.40. The first kappa shape index (κ1) is 13.9. The zero-order chi connectivity index (χ0) is 13.5. The van der Waals surface area contributed by atoms with E-state index in [-0.39, 0.29) is 5.82 Å². The molecule has 0 aliphatic heterocycles. The van der Waals surface area contributed by atoms with Crippen LogP contribution in [0.4, 0.5) is 4.39 Å². The maximum absolute atomic E-state index is 12.7. The van der Waals surface area contributed by atoms with Gasteiger partial charge in [-0.1, -0.05) is 31.4 Å². The van der Waals surface area contributed by atoms with Gasteiger partial charge in [0.1, 0.15) is 5.82 Å². The average molecular weight is 279 g/mol. The largest absolute Gasteiger partial charge is 0.359 e. The summed E-state index contributed by atoms with van der Waals surface area (Å²) >= 11 is 5.18. The van der Waals surface area contributed by atoms with Crippen LogP contribution in [0.15, 0.2) is 29.4 Å². The molecule has 1 aromatic carbocycles. The van der Waals surface area contributed by atoms with Crippen molar-refractivity contribution in [3.05, 3.63) is 35.6 Å². The summed E-state index contributed by atoms with van der Waals surface area (Å²) in [6.45, 7) is 0. The van der Waals surface area contributed by atoms with E-state index in [2.05, 4.69) is 15.8 Å². The van der Waals surface area contributed by atoms with Gasteiger partial charge in [0.2, 0.25) is 0 Å². The maximum atomic E-state index is 12.7. The first-order valence-corrected chi connectivity index (χ1v) is 7.00. The molecular weight excluding hydrogens is 261 g/mol. The summed E-state index contributed by atoms with van der Waals surface area (Å²) in [4.78, 5) is 0. The van der Waals surface area contributed by atoms with Crippen molar-refractivity contribution in [1.29, 1.82) is 0 Å². The summed E-state index contributed by atoms with van der Waals surface area (Å²) in [6.07, 6.45) is 7.81. The maximum Gasteiger partial charge on any atom is 0.187 e. The van der Waals surface area contributed by atoms with Crippen molar-refractivity contribution in [2.45, 2.75) is 38.1 Å². The Balaban J connectivity index is 1.74. The molecular formula is C14H18FN3S. The van der Waals surface area contributed by atoms with Crippen LogP contribution in [0.2, 0.25) is 0 Å². The molecule has 0 aromatic heterocycles. The van der Waals surface area contributed by atoms with E-state index in [0.29, 0.717) is 11.2 Å². The number of nitrogens with one attached hydrogen (secondary N) is 2. The lowest BCUT2D eigenvalue weighted by atomic mass is 9.96. The third kappa shape index (κ3) is 4.95. The molecule has 19 heavy (non-hydrogen) atoms. The molecule has 1 aliphatic rings. The Hall–Kier alpha value is -1.49. The summed E-state index contributed by atoms with van der Waals surface area (Å²) in [6, 6.07) is 6.60. The lowest BCUT2D eigenvalue weighted by molar-refractivity contribution is 0.412. The molecule has 2 N–H and O–H groups in total. The van der Waals surface area contributed by atoms with Crippen LogP contribution < -0.4 is 10.7 Å². The Morgan fingerprint density at radius 3 is 2.58 bits per heavy atom. The van der Waals surface area contributed by atoms with Crippen LogP contribution in [0.3, 0.4) is 0 Å². The Bertz CT molecular complexity index is 439. The van der Waals surface area contributed by atoms with Crippen LogP contribution >= 0.6 is 12.2 Å². The van der Waals surface area contributed by atoms with E-state index in [0.717, 1.165) is 5.56 Å². The van der Waals surface area contributed by atoms with Gasteiger partial charge in [0, 0.05) is 6.04 Å². The number of rotatable bonds is 3. The van der Waals surface area contributed by atoms with Crippen molar-refractivity contribution in [1.82, 2.24) is 10.7 Å². The zero-order valence-electron chi connectivity index (χ0n) is 10.7. The molecule has 1 aromatic rings. The number of hydrogen-bond donors (Lipinski definition) is 2. The minimum atomic E-state index is -0.250. The van der Waals surface area contributed by atoms with Gasteiger partial charge in [-0.15, -0.1) is 0 Å². The van der Waals surface area contributed by atoms with E-state index in [1.165, 1.54) is 44.2 Å². The van der Waals surface area contributed by atoms with Crippen LogP contribution in [-0.2, 0) is 0 Å². The van der Waals surface area contributed by atoms with Crippen molar-refractivity contribution in [3.8, 4) is 0 Å². The predicted octanol–water partition coefficient (Wildman–Crippen LogP) is 2.96. The van der Waals surface area contributed by atoms with Crippen molar-refractivity contribution in [3.63, 3.8) is 0 Å². The van der Waals surface area contributed by atoms with Crippen molar-refractivity contribution < 1.29 is 4.39 Å². The molecule has 102 valence electrons. The lowest BCUT2D eigenvalue weighted by Crippen LogP contribution is -2.40. The van der Waals surface area contributed by atoms with E-state index in [9.17, 15) is 4.39 Å². The summed E-state index contributed by atoms with van der Waals surface area (Å²) in [5.74, 6) is -0.250. The molecule has 0 spiro atoms. The predicted molar refractivity (Wildman–Crippen MR) is 79.7 cm³/mol. The molecule has 1 fully saturated rings. The fourth-order valence-corrected chi connectivity index (χ4v) is 2.40. The third-order valence-electron chi connectivity index (χ3n) is 3.19. The molecule has 2 rings (SSSR count). The SMILES string of the molecule is Fc1ccc(/C=N\NC(=S)NC2CCCCC2)cc1. The number of nitrogens with zero attached hydrogens (tertiary/aromatic N) is 1. The van der Waals surface area contributed by atoms with Gasteiger partial charge in [-0.25, -0.2) is 4.39 Å². The molecule has 0 amide bonds. The van der Waals surface area contributed by atoms with E-state index in [1.54, 1.807) is 18.3 Å². The highest BCUT2D eigenvalue weighted by Crippen LogP contribution is 2.17. The fraction of sp³-hybridized carbons (Fsp3) is 0.429. The molecule has 0 unspecified atom stereocenters. The number of benzene rings is 1. The highest BCUT2D eigenvalue weighted by Gasteiger charge is 2.13. The van der Waals surface area contributed by atoms with Crippen molar-refractivity contribution in [2.75, 3.05) is 0 Å². The monoisotopic (exact) mass is 279 g/mol. The van der Waals surface area contributed by atoms with Crippen molar-refractivity contribution in [2.24, 2.45) is 5.10 Å². The van der Waals surface area contributed by atoms with Gasteiger partial charge >= 0.3 is 0 Å². The van der Waals surface area contributed by atoms with Crippen LogP contribution in [-0.4, -0.2) is 17.4 Å². The quantitative estimate of drug-likeness (QED) is 0.507. The van der Waals surface area contributed by atoms with E-state index >= 15 is 0 Å². The molecule has 0 heterocycles. The van der Waals surface area contributed by atoms with Gasteiger partial charge in [-0.3, -0.25) is 5.43 Å². The smallest absolute Gasteiger partial charge is 0.187 e. The summed E-state index contributed by atoms with van der Waals surface area (Å²) in [5.41, 5.74) is 3.62. The van der Waals surface area contributed by atoms with Gasteiger partial charge in [0.25, 0.3) is 0 Å². The lowest BCUT2D eigenvalue weighted by Gasteiger charge is -2.23. The molecule has 5 heteroatoms. The molecule has 0 saturated heterocycles. The Morgan fingerprint density at radius 1 is 1.21 bits per heavy atom. The number of thiocarbonyl (C=S) groups is 1. The summed E-state index contributed by atoms with van der Waals surface area (Å²) < 4.78 is 12.7. The minimum Gasteiger partial charge on any atom is -0.359 e. The van der Waals surface area contributed by atoms with Gasteiger partial charge in [0.15, 0.2) is 5.11 Å². The van der Waals surface area contributed by atoms with Crippen LogP contribution in [0.1, 0.15) is 37.7 Å². The first-order valence-electron chi connectivity index (χ1n) is 6.59. The Labute approximate surface area is 118 Å². The number of halogens is 1. The molecule has 1 aliphatic carbocycles. The van der Waals surface area contributed by atoms with Gasteiger partial charge in [-0.05, 0) is 42.8 Å².